The predicted molar refractivity (Wildman–Crippen MR) is 75.7 cm³/mol. The summed E-state index contributed by atoms with van der Waals surface area (Å²) < 4.78 is 0. The largest absolute Gasteiger partial charge is 0.392 e. The molecule has 4 unspecified atom stereocenters. The first-order chi connectivity index (χ1) is 8.70. The van der Waals surface area contributed by atoms with E-state index in [2.05, 4.69) is 24.1 Å². The first-order valence-electron chi connectivity index (χ1n) is 7.87. The summed E-state index contributed by atoms with van der Waals surface area (Å²) >= 11 is 0. The minimum Gasteiger partial charge on any atom is -0.392 e. The summed E-state index contributed by atoms with van der Waals surface area (Å²) in [6, 6.07) is 0.878. The van der Waals surface area contributed by atoms with Crippen LogP contribution < -0.4 is 5.32 Å². The van der Waals surface area contributed by atoms with Gasteiger partial charge in [0.05, 0.1) is 6.10 Å². The van der Waals surface area contributed by atoms with E-state index >= 15 is 0 Å². The Morgan fingerprint density at radius 2 is 2.00 bits per heavy atom. The van der Waals surface area contributed by atoms with Crippen LogP contribution in [0.5, 0.6) is 0 Å². The normalized spacial score (nSPS) is 36.5. The van der Waals surface area contributed by atoms with Crippen LogP contribution in [0.4, 0.5) is 0 Å². The fourth-order valence-electron chi connectivity index (χ4n) is 3.57. The van der Waals surface area contributed by atoms with Crippen LogP contribution in [0.1, 0.15) is 52.4 Å². The quantitative estimate of drug-likeness (QED) is 0.805. The third kappa shape index (κ3) is 3.69. The number of aliphatic hydroxyl groups excluding tert-OH is 1. The first-order valence-corrected chi connectivity index (χ1v) is 7.87. The van der Waals surface area contributed by atoms with Crippen molar-refractivity contribution in [3.05, 3.63) is 0 Å². The molecule has 1 saturated carbocycles. The second-order valence-electron chi connectivity index (χ2n) is 6.21. The molecule has 2 fully saturated rings. The van der Waals surface area contributed by atoms with Crippen molar-refractivity contribution in [1.29, 1.82) is 0 Å². The molecule has 1 aliphatic heterocycles. The SMILES string of the molecule is CCN1CCCC(C(C)NC2CCCCC2O)C1. The summed E-state index contributed by atoms with van der Waals surface area (Å²) in [5.74, 6) is 0.757. The molecule has 0 aromatic heterocycles. The van der Waals surface area contributed by atoms with Gasteiger partial charge in [0.25, 0.3) is 0 Å². The maximum absolute atomic E-state index is 10.0. The maximum Gasteiger partial charge on any atom is 0.0693 e. The van der Waals surface area contributed by atoms with E-state index in [0.717, 1.165) is 18.8 Å². The summed E-state index contributed by atoms with van der Waals surface area (Å²) in [6.07, 6.45) is 7.15. The first kappa shape index (κ1) is 14.3. The lowest BCUT2D eigenvalue weighted by Gasteiger charge is -2.38. The number of hydrogen-bond acceptors (Lipinski definition) is 3. The zero-order chi connectivity index (χ0) is 13.0. The highest BCUT2D eigenvalue weighted by molar-refractivity contribution is 4.86. The number of piperidine rings is 1. The summed E-state index contributed by atoms with van der Waals surface area (Å²) in [6.45, 7) is 8.24. The van der Waals surface area contributed by atoms with Gasteiger partial charge >= 0.3 is 0 Å². The number of likely N-dealkylation sites (tertiary alicyclic amines) is 1. The van der Waals surface area contributed by atoms with Gasteiger partial charge in [0.1, 0.15) is 0 Å². The van der Waals surface area contributed by atoms with Crippen molar-refractivity contribution in [2.45, 2.75) is 70.6 Å². The van der Waals surface area contributed by atoms with Crippen molar-refractivity contribution in [1.82, 2.24) is 10.2 Å². The molecular formula is C15H30N2O. The predicted octanol–water partition coefficient (Wildman–Crippen LogP) is 2.00. The fraction of sp³-hybridized carbons (Fsp3) is 1.00. The molecule has 2 rings (SSSR count). The van der Waals surface area contributed by atoms with Crippen molar-refractivity contribution in [3.63, 3.8) is 0 Å². The van der Waals surface area contributed by atoms with Crippen LogP contribution in [0, 0.1) is 5.92 Å². The second-order valence-corrected chi connectivity index (χ2v) is 6.21. The molecule has 0 amide bonds. The van der Waals surface area contributed by atoms with Crippen LogP contribution in [-0.2, 0) is 0 Å². The number of rotatable bonds is 4. The minimum absolute atomic E-state index is 0.118. The fourth-order valence-corrected chi connectivity index (χ4v) is 3.57. The Bertz CT molecular complexity index is 247. The van der Waals surface area contributed by atoms with Gasteiger partial charge in [-0.1, -0.05) is 19.8 Å². The molecule has 3 heteroatoms. The highest BCUT2D eigenvalue weighted by Crippen LogP contribution is 2.23. The second kappa shape index (κ2) is 6.88. The van der Waals surface area contributed by atoms with Crippen LogP contribution >= 0.6 is 0 Å². The van der Waals surface area contributed by atoms with E-state index < -0.39 is 0 Å². The number of aliphatic hydroxyl groups is 1. The van der Waals surface area contributed by atoms with Gasteiger partial charge in [-0.3, -0.25) is 0 Å². The van der Waals surface area contributed by atoms with Gasteiger partial charge < -0.3 is 15.3 Å². The molecule has 0 aromatic rings. The van der Waals surface area contributed by atoms with Crippen molar-refractivity contribution < 1.29 is 5.11 Å². The number of nitrogens with zero attached hydrogens (tertiary/aromatic N) is 1. The molecule has 1 saturated heterocycles. The van der Waals surface area contributed by atoms with Gasteiger partial charge in [-0.05, 0) is 51.6 Å². The van der Waals surface area contributed by atoms with Crippen LogP contribution in [0.25, 0.3) is 0 Å². The van der Waals surface area contributed by atoms with Crippen LogP contribution in [0.3, 0.4) is 0 Å². The molecule has 0 spiro atoms. The lowest BCUT2D eigenvalue weighted by Crippen LogP contribution is -2.51. The molecular weight excluding hydrogens is 224 g/mol. The molecule has 1 aliphatic carbocycles. The molecule has 0 aromatic carbocycles. The highest BCUT2D eigenvalue weighted by Gasteiger charge is 2.29. The third-order valence-electron chi connectivity index (χ3n) is 4.90. The molecule has 106 valence electrons. The Balaban J connectivity index is 1.81. The summed E-state index contributed by atoms with van der Waals surface area (Å²) in [5.41, 5.74) is 0. The van der Waals surface area contributed by atoms with E-state index in [-0.39, 0.29) is 6.10 Å². The zero-order valence-electron chi connectivity index (χ0n) is 12.1. The Hall–Kier alpha value is -0.120. The Kier molecular flexibility index (Phi) is 5.46. The van der Waals surface area contributed by atoms with Gasteiger partial charge in [0.2, 0.25) is 0 Å². The molecule has 0 radical (unpaired) electrons. The maximum atomic E-state index is 10.0. The standard InChI is InChI=1S/C15H30N2O/c1-3-17-10-6-7-13(11-17)12(2)16-14-8-4-5-9-15(14)18/h12-16,18H,3-11H2,1-2H3. The van der Waals surface area contributed by atoms with Gasteiger partial charge in [-0.2, -0.15) is 0 Å². The number of nitrogens with one attached hydrogen (secondary N) is 1. The Morgan fingerprint density at radius 1 is 1.22 bits per heavy atom. The molecule has 4 atom stereocenters. The van der Waals surface area contributed by atoms with Gasteiger partial charge in [0.15, 0.2) is 0 Å². The zero-order valence-corrected chi connectivity index (χ0v) is 12.1. The highest BCUT2D eigenvalue weighted by atomic mass is 16.3. The molecule has 1 heterocycles. The van der Waals surface area contributed by atoms with Gasteiger partial charge in [0, 0.05) is 18.6 Å². The number of hydrogen-bond donors (Lipinski definition) is 2. The Morgan fingerprint density at radius 3 is 2.72 bits per heavy atom. The van der Waals surface area contributed by atoms with E-state index in [4.69, 9.17) is 0 Å². The van der Waals surface area contributed by atoms with Gasteiger partial charge in [-0.25, -0.2) is 0 Å². The van der Waals surface area contributed by atoms with Crippen LogP contribution in [0.2, 0.25) is 0 Å². The smallest absolute Gasteiger partial charge is 0.0693 e. The van der Waals surface area contributed by atoms with Crippen LogP contribution in [0.15, 0.2) is 0 Å². The Labute approximate surface area is 112 Å². The molecule has 18 heavy (non-hydrogen) atoms. The monoisotopic (exact) mass is 254 g/mol. The topological polar surface area (TPSA) is 35.5 Å². The van der Waals surface area contributed by atoms with Crippen molar-refractivity contribution >= 4 is 0 Å². The van der Waals surface area contributed by atoms with Crippen molar-refractivity contribution in [3.8, 4) is 0 Å². The summed E-state index contributed by atoms with van der Waals surface area (Å²) in [5, 5.41) is 13.7. The summed E-state index contributed by atoms with van der Waals surface area (Å²) in [7, 11) is 0. The average Bonchev–Trinajstić information content (AvgIpc) is 2.41. The van der Waals surface area contributed by atoms with Crippen molar-refractivity contribution in [2.75, 3.05) is 19.6 Å². The third-order valence-corrected chi connectivity index (χ3v) is 4.90. The van der Waals surface area contributed by atoms with E-state index in [1.54, 1.807) is 0 Å². The van der Waals surface area contributed by atoms with E-state index in [9.17, 15) is 5.11 Å². The van der Waals surface area contributed by atoms with E-state index in [0.29, 0.717) is 12.1 Å². The lowest BCUT2D eigenvalue weighted by molar-refractivity contribution is 0.0730. The van der Waals surface area contributed by atoms with E-state index in [1.165, 1.54) is 45.3 Å². The summed E-state index contributed by atoms with van der Waals surface area (Å²) in [4.78, 5) is 2.56. The molecule has 2 N–H and O–H groups in total. The van der Waals surface area contributed by atoms with E-state index in [1.807, 2.05) is 0 Å². The molecule has 0 bridgehead atoms. The van der Waals surface area contributed by atoms with Crippen LogP contribution in [-0.4, -0.2) is 47.8 Å². The molecule has 2 aliphatic rings. The minimum atomic E-state index is -0.118. The lowest BCUT2D eigenvalue weighted by atomic mass is 9.88. The molecule has 3 nitrogen and oxygen atoms in total. The average molecular weight is 254 g/mol. The van der Waals surface area contributed by atoms with Gasteiger partial charge in [-0.15, -0.1) is 0 Å². The van der Waals surface area contributed by atoms with Crippen molar-refractivity contribution in [2.24, 2.45) is 5.92 Å².